The number of ether oxygens (including phenoxy) is 1. The fraction of sp³-hybridized carbons (Fsp3) is 0.250. The van der Waals surface area contributed by atoms with Gasteiger partial charge in [-0.15, -0.1) is 0 Å². The molecule has 0 aliphatic heterocycles. The molecule has 5 rings (SSSR count). The van der Waals surface area contributed by atoms with Crippen molar-refractivity contribution in [3.8, 4) is 22.6 Å². The number of carbonyl (C=O) groups excluding carboxylic acids is 1. The van der Waals surface area contributed by atoms with E-state index in [2.05, 4.69) is 37.3 Å². The zero-order valence-electron chi connectivity index (χ0n) is 25.4. The Kier molecular flexibility index (Phi) is 13.9. The van der Waals surface area contributed by atoms with E-state index in [1.807, 2.05) is 49.4 Å². The van der Waals surface area contributed by atoms with Gasteiger partial charge >= 0.3 is 0 Å². The molecule has 3 aromatic carbocycles. The van der Waals surface area contributed by atoms with Crippen LogP contribution in [0.4, 0.5) is 8.78 Å². The van der Waals surface area contributed by atoms with Gasteiger partial charge in [0.1, 0.15) is 29.4 Å². The van der Waals surface area contributed by atoms with E-state index in [0.29, 0.717) is 24.5 Å². The summed E-state index contributed by atoms with van der Waals surface area (Å²) in [5.74, 6) is 1.19. The van der Waals surface area contributed by atoms with Crippen LogP contribution < -0.4 is 5.73 Å². The third-order valence-corrected chi connectivity index (χ3v) is 7.04. The summed E-state index contributed by atoms with van der Waals surface area (Å²) < 4.78 is 36.5. The second kappa shape index (κ2) is 18.0. The summed E-state index contributed by atoms with van der Waals surface area (Å²) in [6.07, 6.45) is 9.75. The molecule has 1 heterocycles. The van der Waals surface area contributed by atoms with Gasteiger partial charge in [-0.2, -0.15) is 0 Å². The average molecular weight is 617 g/mol. The van der Waals surface area contributed by atoms with E-state index in [1.165, 1.54) is 17.7 Å². The second-order valence-electron chi connectivity index (χ2n) is 10.2. The molecule has 0 saturated carbocycles. The van der Waals surface area contributed by atoms with Gasteiger partial charge in [-0.1, -0.05) is 61.9 Å². The van der Waals surface area contributed by atoms with Crippen molar-refractivity contribution < 1.29 is 32.6 Å². The molecule has 0 radical (unpaired) electrons. The first-order chi connectivity index (χ1) is 21.8. The quantitative estimate of drug-likeness (QED) is 0.176. The zero-order chi connectivity index (χ0) is 32.6. The number of halogens is 2. The number of nitrogens with zero attached hydrogens (tertiary/aromatic N) is 1. The highest BCUT2D eigenvalue weighted by atomic mass is 19.1. The highest BCUT2D eigenvalue weighted by molar-refractivity contribution is 5.67. The van der Waals surface area contributed by atoms with Crippen molar-refractivity contribution in [2.24, 2.45) is 17.6 Å². The van der Waals surface area contributed by atoms with E-state index < -0.39 is 11.6 Å². The topological polar surface area (TPSA) is 116 Å². The Balaban J connectivity index is 0.000000356. The van der Waals surface area contributed by atoms with Crippen molar-refractivity contribution in [3.05, 3.63) is 125 Å². The second-order valence-corrected chi connectivity index (χ2v) is 10.2. The summed E-state index contributed by atoms with van der Waals surface area (Å²) in [6.45, 7) is 4.47. The first-order valence-corrected chi connectivity index (χ1v) is 14.6. The maximum absolute atomic E-state index is 12.3. The average Bonchev–Trinajstić information content (AvgIpc) is 3.42. The highest BCUT2D eigenvalue weighted by Gasteiger charge is 2.20. The van der Waals surface area contributed by atoms with E-state index >= 15 is 0 Å². The van der Waals surface area contributed by atoms with Crippen LogP contribution in [-0.2, 0) is 27.3 Å². The van der Waals surface area contributed by atoms with Gasteiger partial charge in [0.15, 0.2) is 0 Å². The predicted molar refractivity (Wildman–Crippen MR) is 170 cm³/mol. The largest absolute Gasteiger partial charge is 0.494 e. The number of aldehydes is 1. The van der Waals surface area contributed by atoms with Crippen LogP contribution in [0.2, 0.25) is 0 Å². The number of nitrogens with two attached hydrogens (primary N) is 1. The van der Waals surface area contributed by atoms with Gasteiger partial charge in [0, 0.05) is 30.5 Å². The van der Waals surface area contributed by atoms with Gasteiger partial charge in [0.05, 0.1) is 12.3 Å². The van der Waals surface area contributed by atoms with E-state index in [-0.39, 0.29) is 24.9 Å². The summed E-state index contributed by atoms with van der Waals surface area (Å²) in [4.78, 5) is 24.5. The Morgan fingerprint density at radius 3 is 2.20 bits per heavy atom. The molecule has 1 aliphatic carbocycles. The van der Waals surface area contributed by atoms with Gasteiger partial charge in [-0.3, -0.25) is 4.79 Å². The molecular weight excluding hydrogens is 578 g/mol. The van der Waals surface area contributed by atoms with Gasteiger partial charge in [-0.05, 0) is 72.4 Å². The molecule has 45 heavy (non-hydrogen) atoms. The fourth-order valence-electron chi connectivity index (χ4n) is 4.79. The first kappa shape index (κ1) is 34.6. The van der Waals surface area contributed by atoms with Gasteiger partial charge in [0.2, 0.25) is 5.89 Å². The summed E-state index contributed by atoms with van der Waals surface area (Å²) in [5, 5.41) is 6.89. The third-order valence-electron chi connectivity index (χ3n) is 7.04. The van der Waals surface area contributed by atoms with Crippen molar-refractivity contribution in [2.75, 3.05) is 6.61 Å². The first-order valence-electron chi connectivity index (χ1n) is 14.6. The van der Waals surface area contributed by atoms with Crippen LogP contribution in [0.1, 0.15) is 36.8 Å². The molecule has 236 valence electrons. The molecule has 3 N–H and O–H groups in total. The van der Waals surface area contributed by atoms with Crippen molar-refractivity contribution in [1.29, 1.82) is 0 Å². The van der Waals surface area contributed by atoms with Crippen LogP contribution in [-0.4, -0.2) is 29.5 Å². The molecule has 0 fully saturated rings. The number of benzene rings is 3. The van der Waals surface area contributed by atoms with Gasteiger partial charge in [-0.25, -0.2) is 13.8 Å². The minimum atomic E-state index is -0.583. The van der Waals surface area contributed by atoms with Crippen LogP contribution in [0.25, 0.3) is 22.6 Å². The van der Waals surface area contributed by atoms with Crippen LogP contribution in [0, 0.1) is 30.4 Å². The summed E-state index contributed by atoms with van der Waals surface area (Å²) >= 11 is 0. The molecule has 0 spiro atoms. The minimum absolute atomic E-state index is 0.103. The summed E-state index contributed by atoms with van der Waals surface area (Å²) in [5.41, 5.74) is 9.82. The van der Waals surface area contributed by atoms with Crippen LogP contribution in [0.3, 0.4) is 0 Å². The lowest BCUT2D eigenvalue weighted by atomic mass is 9.86. The number of oxazole rings is 1. The smallest absolute Gasteiger partial charge is 0.290 e. The summed E-state index contributed by atoms with van der Waals surface area (Å²) in [6, 6.07) is 21.8. The maximum atomic E-state index is 12.3. The number of aryl methyl sites for hydroxylation is 1. The Morgan fingerprint density at radius 1 is 0.978 bits per heavy atom. The van der Waals surface area contributed by atoms with Crippen LogP contribution in [0.5, 0.6) is 0 Å². The number of rotatable bonds is 10. The van der Waals surface area contributed by atoms with Crippen molar-refractivity contribution >= 4 is 12.8 Å². The molecule has 4 aromatic rings. The monoisotopic (exact) mass is 616 g/mol. The molecule has 0 saturated heterocycles. The number of allylic oxidation sites excluding steroid dienone is 3. The van der Waals surface area contributed by atoms with Crippen molar-refractivity contribution in [3.63, 3.8) is 0 Å². The SMILES string of the molecule is CCCC1C=CC(OCCc2nc(-c3ccc(-c4ccccc4)cc3)oc2C)=CC1C=O.NCc1cc(F)cc(F)c1.O=CO. The zero-order valence-corrected chi connectivity index (χ0v) is 25.4. The lowest BCUT2D eigenvalue weighted by Crippen LogP contribution is -2.16. The lowest BCUT2D eigenvalue weighted by Gasteiger charge is -2.21. The van der Waals surface area contributed by atoms with Crippen molar-refractivity contribution in [2.45, 2.75) is 39.7 Å². The predicted octanol–water partition coefficient (Wildman–Crippen LogP) is 7.69. The maximum Gasteiger partial charge on any atom is 0.290 e. The normalized spacial score (nSPS) is 15.1. The van der Waals surface area contributed by atoms with Crippen molar-refractivity contribution in [1.82, 2.24) is 4.98 Å². The number of carboxylic acid groups (broad SMARTS) is 1. The van der Waals surface area contributed by atoms with E-state index in [4.69, 9.17) is 29.8 Å². The number of aromatic nitrogens is 1. The minimum Gasteiger partial charge on any atom is -0.494 e. The number of hydrogen-bond donors (Lipinski definition) is 2. The standard InChI is InChI=1S/C28H29NO3.C7H7F2N.CH2O2/c1-3-7-21-14-15-26(18-25(21)19-30)31-17-16-27-20(2)32-28(29-27)24-12-10-23(11-13-24)22-8-5-4-6-9-22;8-6-1-5(4-10)2-7(9)3-6;2-1-3/h4-6,8-15,18-19,21,25H,3,7,16-17H2,1-2H3;1-3H,4,10H2;1H,(H,2,3). The molecule has 9 heteroatoms. The molecule has 7 nitrogen and oxygen atoms in total. The van der Waals surface area contributed by atoms with Gasteiger partial charge in [0.25, 0.3) is 6.47 Å². The molecular formula is C36H38F2N2O5. The highest BCUT2D eigenvalue weighted by Crippen LogP contribution is 2.28. The van der Waals surface area contributed by atoms with E-state index in [9.17, 15) is 13.6 Å². The van der Waals surface area contributed by atoms with Crippen LogP contribution >= 0.6 is 0 Å². The molecule has 0 amide bonds. The molecule has 2 atom stereocenters. The third kappa shape index (κ3) is 10.7. The molecule has 0 bridgehead atoms. The Labute approximate surface area is 262 Å². The lowest BCUT2D eigenvalue weighted by molar-refractivity contribution is -0.122. The van der Waals surface area contributed by atoms with E-state index in [1.54, 1.807) is 0 Å². The van der Waals surface area contributed by atoms with Gasteiger partial charge < -0.3 is 24.8 Å². The number of hydrogen-bond acceptors (Lipinski definition) is 6. The molecule has 2 unspecified atom stereocenters. The Hall–Kier alpha value is -4.89. The summed E-state index contributed by atoms with van der Waals surface area (Å²) in [7, 11) is 0. The fourth-order valence-corrected chi connectivity index (χ4v) is 4.79. The molecule has 1 aromatic heterocycles. The van der Waals surface area contributed by atoms with Crippen LogP contribution in [0.15, 0.2) is 101 Å². The Bertz CT molecular complexity index is 1550. The van der Waals surface area contributed by atoms with E-state index in [0.717, 1.165) is 53.5 Å². The number of carbonyl (C=O) groups is 2. The molecule has 1 aliphatic rings. The Morgan fingerprint density at radius 2 is 1.60 bits per heavy atom.